The molecule has 2 aliphatic rings. The molecule has 10 nitrogen and oxygen atoms in total. The second-order valence-corrected chi connectivity index (χ2v) is 12.7. The average Bonchev–Trinajstić information content (AvgIpc) is 3.14. The predicted octanol–water partition coefficient (Wildman–Crippen LogP) is 7.48. The van der Waals surface area contributed by atoms with Crippen LogP contribution >= 0.6 is 11.6 Å². The Kier molecular flexibility index (Phi) is 11.0. The van der Waals surface area contributed by atoms with Gasteiger partial charge in [0.15, 0.2) is 11.5 Å². The molecule has 11 heteroatoms. The third-order valence-corrected chi connectivity index (χ3v) is 9.45. The van der Waals surface area contributed by atoms with Crippen LogP contribution in [0.4, 0.5) is 0 Å². The number of ether oxygens (including phenoxy) is 6. The number of halogens is 1. The Morgan fingerprint density at radius 1 is 0.860 bits per heavy atom. The average molecular weight is 702 g/mol. The molecule has 0 spiro atoms. The molecule has 0 amide bonds. The molecule has 4 aromatic rings. The van der Waals surface area contributed by atoms with Gasteiger partial charge in [-0.15, -0.1) is 0 Å². The van der Waals surface area contributed by atoms with E-state index < -0.39 is 18.0 Å². The topological polar surface area (TPSA) is 113 Å². The number of hydrogen-bond acceptors (Lipinski definition) is 9. The fraction of sp³-hybridized carbons (Fsp3) is 0.333. The summed E-state index contributed by atoms with van der Waals surface area (Å²) >= 11 is 6.84. The first-order chi connectivity index (χ1) is 24.2. The van der Waals surface area contributed by atoms with Crippen molar-refractivity contribution < 1.29 is 43.1 Å². The normalized spacial score (nSPS) is 15.6. The molecule has 1 unspecified atom stereocenters. The number of methoxy groups -OCH3 is 2. The number of carbonyl (C=O) groups is 2. The second-order valence-electron chi connectivity index (χ2n) is 12.3. The number of aliphatic carboxylic acids is 1. The summed E-state index contributed by atoms with van der Waals surface area (Å²) in [6.45, 7) is 4.36. The van der Waals surface area contributed by atoms with Crippen LogP contribution in [-0.2, 0) is 29.3 Å². The van der Waals surface area contributed by atoms with Crippen molar-refractivity contribution in [1.82, 2.24) is 4.90 Å². The highest BCUT2D eigenvalue weighted by Gasteiger charge is 2.29. The van der Waals surface area contributed by atoms with Crippen LogP contribution in [0.25, 0.3) is 11.1 Å². The molecule has 0 aromatic heterocycles. The Morgan fingerprint density at radius 3 is 2.42 bits per heavy atom. The van der Waals surface area contributed by atoms with E-state index in [1.54, 1.807) is 37.4 Å². The van der Waals surface area contributed by atoms with Gasteiger partial charge in [-0.25, -0.2) is 4.79 Å². The lowest BCUT2D eigenvalue weighted by molar-refractivity contribution is -0.144. The maximum Gasteiger partial charge on any atom is 0.337 e. The van der Waals surface area contributed by atoms with Gasteiger partial charge >= 0.3 is 11.9 Å². The maximum atomic E-state index is 12.3. The second kappa shape index (κ2) is 15.7. The molecule has 0 saturated carbocycles. The summed E-state index contributed by atoms with van der Waals surface area (Å²) in [5.41, 5.74) is 5.79. The number of esters is 1. The number of nitrogens with zero attached hydrogens (tertiary/aromatic N) is 1. The van der Waals surface area contributed by atoms with Gasteiger partial charge in [0.1, 0.15) is 49.7 Å². The zero-order valence-electron chi connectivity index (χ0n) is 28.3. The highest BCUT2D eigenvalue weighted by molar-refractivity contribution is 6.32. The number of piperidine rings is 1. The van der Waals surface area contributed by atoms with Gasteiger partial charge in [-0.2, -0.15) is 0 Å². The fourth-order valence-electron chi connectivity index (χ4n) is 6.43. The van der Waals surface area contributed by atoms with Gasteiger partial charge in [0.25, 0.3) is 0 Å². The van der Waals surface area contributed by atoms with Crippen LogP contribution in [0.15, 0.2) is 66.7 Å². The smallest absolute Gasteiger partial charge is 0.337 e. The van der Waals surface area contributed by atoms with Gasteiger partial charge in [0.2, 0.25) is 0 Å². The highest BCUT2D eigenvalue weighted by Crippen LogP contribution is 2.38. The molecule has 1 saturated heterocycles. The third-order valence-electron chi connectivity index (χ3n) is 9.15. The summed E-state index contributed by atoms with van der Waals surface area (Å²) in [6, 6.07) is 19.9. The van der Waals surface area contributed by atoms with Crippen molar-refractivity contribution in [2.75, 3.05) is 34.0 Å². The van der Waals surface area contributed by atoms with Crippen molar-refractivity contribution in [3.63, 3.8) is 0 Å². The molecular formula is C39H40ClNO9. The minimum atomic E-state index is -0.851. The van der Waals surface area contributed by atoms with Crippen molar-refractivity contribution in [3.8, 4) is 39.9 Å². The summed E-state index contributed by atoms with van der Waals surface area (Å²) < 4.78 is 34.7. The maximum absolute atomic E-state index is 12.3. The largest absolute Gasteiger partial charge is 0.496 e. The summed E-state index contributed by atoms with van der Waals surface area (Å²) in [7, 11) is 2.87. The first kappa shape index (κ1) is 34.9. The molecular weight excluding hydrogens is 662 g/mol. The molecule has 2 aliphatic heterocycles. The quantitative estimate of drug-likeness (QED) is 0.149. The van der Waals surface area contributed by atoms with E-state index in [9.17, 15) is 14.7 Å². The molecule has 1 N–H and O–H groups in total. The number of likely N-dealkylation sites (tertiary alicyclic amines) is 1. The SMILES string of the molecule is COC(=O)c1ccc(OC)c(COc2cc(OCc3cccc(-c4ccc5c(c4)OCCO5)c3C)c(Cl)cc2CN2CCCCC2C(=O)O)c1. The molecule has 4 aromatic carbocycles. The van der Waals surface area contributed by atoms with Crippen LogP contribution < -0.4 is 23.7 Å². The first-order valence-corrected chi connectivity index (χ1v) is 16.9. The summed E-state index contributed by atoms with van der Waals surface area (Å²) in [5.74, 6) is 1.57. The Balaban J connectivity index is 1.28. The lowest BCUT2D eigenvalue weighted by Crippen LogP contribution is -2.44. The summed E-state index contributed by atoms with van der Waals surface area (Å²) in [4.78, 5) is 26.3. The van der Waals surface area contributed by atoms with E-state index in [0.29, 0.717) is 66.1 Å². The van der Waals surface area contributed by atoms with Crippen LogP contribution in [0.2, 0.25) is 5.02 Å². The monoisotopic (exact) mass is 701 g/mol. The fourth-order valence-corrected chi connectivity index (χ4v) is 6.67. The Labute approximate surface area is 296 Å². The number of benzene rings is 4. The van der Waals surface area contributed by atoms with Crippen LogP contribution in [0, 0.1) is 6.92 Å². The van der Waals surface area contributed by atoms with Gasteiger partial charge < -0.3 is 33.5 Å². The zero-order chi connectivity index (χ0) is 35.2. The van der Waals surface area contributed by atoms with Crippen LogP contribution in [-0.4, -0.2) is 62.0 Å². The van der Waals surface area contributed by atoms with Crippen molar-refractivity contribution in [2.24, 2.45) is 0 Å². The minimum absolute atomic E-state index is 0.0567. The Bertz CT molecular complexity index is 1880. The Hall–Kier alpha value is -4.93. The van der Waals surface area contributed by atoms with Crippen LogP contribution in [0.5, 0.6) is 28.7 Å². The molecule has 0 radical (unpaired) electrons. The van der Waals surface area contributed by atoms with E-state index in [0.717, 1.165) is 52.2 Å². The first-order valence-electron chi connectivity index (χ1n) is 16.5. The molecule has 1 fully saturated rings. The van der Waals surface area contributed by atoms with E-state index in [1.165, 1.54) is 7.11 Å². The number of hydrogen-bond donors (Lipinski definition) is 1. The van der Waals surface area contributed by atoms with Gasteiger partial charge in [-0.1, -0.05) is 42.3 Å². The summed E-state index contributed by atoms with van der Waals surface area (Å²) in [6.07, 6.45) is 2.33. The van der Waals surface area contributed by atoms with E-state index >= 15 is 0 Å². The van der Waals surface area contributed by atoms with Gasteiger partial charge in [-0.3, -0.25) is 9.69 Å². The third kappa shape index (κ3) is 7.77. The molecule has 2 heterocycles. The van der Waals surface area contributed by atoms with Crippen molar-refractivity contribution in [2.45, 2.75) is 52.0 Å². The predicted molar refractivity (Wildman–Crippen MR) is 188 cm³/mol. The lowest BCUT2D eigenvalue weighted by atomic mass is 9.96. The van der Waals surface area contributed by atoms with E-state index in [4.69, 9.17) is 40.0 Å². The van der Waals surface area contributed by atoms with Crippen LogP contribution in [0.1, 0.15) is 51.9 Å². The molecule has 50 heavy (non-hydrogen) atoms. The summed E-state index contributed by atoms with van der Waals surface area (Å²) in [5, 5.41) is 10.3. The number of carbonyl (C=O) groups excluding carboxylic acids is 1. The van der Waals surface area contributed by atoms with E-state index in [2.05, 4.69) is 13.0 Å². The molecule has 6 rings (SSSR count). The number of carboxylic acid groups (broad SMARTS) is 1. The molecule has 1 atom stereocenters. The molecule has 0 aliphatic carbocycles. The number of rotatable bonds is 12. The van der Waals surface area contributed by atoms with Crippen molar-refractivity contribution in [1.29, 1.82) is 0 Å². The van der Waals surface area contributed by atoms with Gasteiger partial charge in [0, 0.05) is 23.7 Å². The van der Waals surface area contributed by atoms with Gasteiger partial charge in [0.05, 0.1) is 24.8 Å². The van der Waals surface area contributed by atoms with Gasteiger partial charge in [-0.05, 0) is 85.0 Å². The molecule has 0 bridgehead atoms. The van der Waals surface area contributed by atoms with E-state index in [-0.39, 0.29) is 13.2 Å². The zero-order valence-corrected chi connectivity index (χ0v) is 29.1. The van der Waals surface area contributed by atoms with Crippen molar-refractivity contribution >= 4 is 23.5 Å². The van der Waals surface area contributed by atoms with E-state index in [1.807, 2.05) is 35.2 Å². The standard InChI is InChI=1S/C39H40ClNO9/c1-24-27(7-6-8-30(24)25-10-13-34-37(19-25)48-16-15-47-34)22-50-36-20-35(49-23-29-17-26(39(44)46-3)11-12-33(29)45-2)28(18-31(36)40)21-41-14-5-4-9-32(41)38(42)43/h6-8,10-13,17-20,32H,4-5,9,14-16,21-23H2,1-3H3,(H,42,43). The Morgan fingerprint density at radius 2 is 1.64 bits per heavy atom. The number of fused-ring (bicyclic) bond motifs is 1. The lowest BCUT2D eigenvalue weighted by Gasteiger charge is -2.33. The number of carboxylic acids is 1. The highest BCUT2D eigenvalue weighted by atomic mass is 35.5. The van der Waals surface area contributed by atoms with Crippen LogP contribution in [0.3, 0.4) is 0 Å². The van der Waals surface area contributed by atoms with Crippen molar-refractivity contribution in [3.05, 3.63) is 99.6 Å². The molecule has 262 valence electrons. The minimum Gasteiger partial charge on any atom is -0.496 e.